The van der Waals surface area contributed by atoms with E-state index in [1.807, 2.05) is 12.1 Å². The molecular formula is C17H18ClN3O3. The van der Waals surface area contributed by atoms with Crippen LogP contribution < -0.4 is 10.6 Å². The number of pyridine rings is 1. The van der Waals surface area contributed by atoms with E-state index in [0.29, 0.717) is 29.4 Å². The molecule has 7 heteroatoms. The highest BCUT2D eigenvalue weighted by Gasteiger charge is 2.09. The third-order valence-corrected chi connectivity index (χ3v) is 3.62. The van der Waals surface area contributed by atoms with Crippen LogP contribution in [0.1, 0.15) is 22.3 Å². The first kappa shape index (κ1) is 17.7. The molecule has 2 rings (SSSR count). The average molecular weight is 348 g/mol. The van der Waals surface area contributed by atoms with Crippen molar-refractivity contribution >= 4 is 29.2 Å². The minimum Gasteiger partial charge on any atom is -0.465 e. The molecule has 0 aliphatic carbocycles. The summed E-state index contributed by atoms with van der Waals surface area (Å²) >= 11 is 6.08. The van der Waals surface area contributed by atoms with Gasteiger partial charge >= 0.3 is 5.97 Å². The van der Waals surface area contributed by atoms with Gasteiger partial charge < -0.3 is 15.4 Å². The van der Waals surface area contributed by atoms with Gasteiger partial charge in [0.2, 0.25) is 5.91 Å². The molecule has 0 saturated carbocycles. The zero-order valence-electron chi connectivity index (χ0n) is 13.2. The monoisotopic (exact) mass is 347 g/mol. The predicted octanol–water partition coefficient (Wildman–Crippen LogP) is 2.64. The van der Waals surface area contributed by atoms with Gasteiger partial charge in [-0.2, -0.15) is 0 Å². The number of benzene rings is 1. The van der Waals surface area contributed by atoms with Crippen LogP contribution in [0.5, 0.6) is 0 Å². The van der Waals surface area contributed by atoms with Crippen LogP contribution in [0.3, 0.4) is 0 Å². The summed E-state index contributed by atoms with van der Waals surface area (Å²) in [5.74, 6) is -0.524. The van der Waals surface area contributed by atoms with Crippen molar-refractivity contribution in [2.24, 2.45) is 0 Å². The molecule has 0 unspecified atom stereocenters. The molecule has 2 aromatic rings. The van der Waals surface area contributed by atoms with E-state index in [-0.39, 0.29) is 12.3 Å². The first-order valence-corrected chi connectivity index (χ1v) is 7.75. The second-order valence-electron chi connectivity index (χ2n) is 5.00. The zero-order chi connectivity index (χ0) is 17.4. The highest BCUT2D eigenvalue weighted by atomic mass is 35.5. The minimum absolute atomic E-state index is 0.0837. The topological polar surface area (TPSA) is 80.3 Å². The Labute approximate surface area is 145 Å². The predicted molar refractivity (Wildman–Crippen MR) is 92.0 cm³/mol. The number of methoxy groups -OCH3 is 1. The molecule has 0 fully saturated rings. The summed E-state index contributed by atoms with van der Waals surface area (Å²) in [4.78, 5) is 27.3. The summed E-state index contributed by atoms with van der Waals surface area (Å²) in [5.41, 5.74) is 1.97. The molecular weight excluding hydrogens is 330 g/mol. The molecule has 0 bridgehead atoms. The standard InChI is InChI=1S/C17H18ClN3O3/c1-24-17(23)13-2-3-14(18)15(10-13)20-9-6-16(22)21-11-12-4-7-19-8-5-12/h2-5,7-8,10,20H,6,9,11H2,1H3,(H,21,22). The summed E-state index contributed by atoms with van der Waals surface area (Å²) in [7, 11) is 1.32. The number of esters is 1. The number of hydrogen-bond acceptors (Lipinski definition) is 5. The molecule has 1 aromatic carbocycles. The van der Waals surface area contributed by atoms with Crippen LogP contribution in [0.2, 0.25) is 5.02 Å². The molecule has 1 aromatic heterocycles. The van der Waals surface area contributed by atoms with Crippen LogP contribution in [0.15, 0.2) is 42.7 Å². The Morgan fingerprint density at radius 3 is 2.67 bits per heavy atom. The van der Waals surface area contributed by atoms with Crippen LogP contribution in [-0.2, 0) is 16.1 Å². The van der Waals surface area contributed by atoms with Crippen LogP contribution >= 0.6 is 11.6 Å². The molecule has 2 N–H and O–H groups in total. The third kappa shape index (κ3) is 5.24. The van der Waals surface area contributed by atoms with Crippen molar-refractivity contribution in [1.29, 1.82) is 0 Å². The lowest BCUT2D eigenvalue weighted by Crippen LogP contribution is -2.24. The van der Waals surface area contributed by atoms with Crippen LogP contribution in [0, 0.1) is 0 Å². The van der Waals surface area contributed by atoms with Gasteiger partial charge in [-0.1, -0.05) is 11.6 Å². The van der Waals surface area contributed by atoms with Crippen molar-refractivity contribution in [3.8, 4) is 0 Å². The quantitative estimate of drug-likeness (QED) is 0.753. The molecule has 1 heterocycles. The highest BCUT2D eigenvalue weighted by molar-refractivity contribution is 6.33. The second kappa shape index (κ2) is 8.88. The van der Waals surface area contributed by atoms with E-state index in [1.54, 1.807) is 30.6 Å². The Morgan fingerprint density at radius 1 is 1.21 bits per heavy atom. The van der Waals surface area contributed by atoms with E-state index in [4.69, 9.17) is 11.6 Å². The maximum Gasteiger partial charge on any atom is 0.337 e. The molecule has 6 nitrogen and oxygen atoms in total. The lowest BCUT2D eigenvalue weighted by molar-refractivity contribution is -0.121. The number of halogens is 1. The Hall–Kier alpha value is -2.60. The first-order valence-electron chi connectivity index (χ1n) is 7.37. The molecule has 0 aliphatic heterocycles. The Morgan fingerprint density at radius 2 is 1.96 bits per heavy atom. The van der Waals surface area contributed by atoms with Crippen LogP contribution in [0.4, 0.5) is 5.69 Å². The molecule has 1 amide bonds. The van der Waals surface area contributed by atoms with Crippen molar-refractivity contribution in [3.05, 3.63) is 58.9 Å². The fourth-order valence-electron chi connectivity index (χ4n) is 2.01. The van der Waals surface area contributed by atoms with E-state index >= 15 is 0 Å². The van der Waals surface area contributed by atoms with Gasteiger partial charge in [-0.15, -0.1) is 0 Å². The lowest BCUT2D eigenvalue weighted by Gasteiger charge is -2.10. The number of rotatable bonds is 7. The van der Waals surface area contributed by atoms with Gasteiger partial charge in [-0.25, -0.2) is 4.79 Å². The van der Waals surface area contributed by atoms with E-state index in [1.165, 1.54) is 7.11 Å². The fraction of sp³-hybridized carbons (Fsp3) is 0.235. The number of aromatic nitrogens is 1. The summed E-state index contributed by atoms with van der Waals surface area (Å²) in [6.45, 7) is 0.854. The lowest BCUT2D eigenvalue weighted by atomic mass is 10.2. The molecule has 126 valence electrons. The fourth-order valence-corrected chi connectivity index (χ4v) is 2.19. The minimum atomic E-state index is -0.440. The van der Waals surface area contributed by atoms with Gasteiger partial charge in [0.25, 0.3) is 0 Å². The smallest absolute Gasteiger partial charge is 0.337 e. The SMILES string of the molecule is COC(=O)c1ccc(Cl)c(NCCC(=O)NCc2ccncc2)c1. The summed E-state index contributed by atoms with van der Waals surface area (Å²) < 4.78 is 4.67. The van der Waals surface area contributed by atoms with E-state index < -0.39 is 5.97 Å². The number of carbonyl (C=O) groups is 2. The third-order valence-electron chi connectivity index (χ3n) is 3.29. The molecule has 24 heavy (non-hydrogen) atoms. The molecule has 0 atom stereocenters. The van der Waals surface area contributed by atoms with Gasteiger partial charge in [0, 0.05) is 31.9 Å². The average Bonchev–Trinajstić information content (AvgIpc) is 2.61. The number of anilines is 1. The van der Waals surface area contributed by atoms with Gasteiger partial charge in [0.1, 0.15) is 0 Å². The molecule has 0 aliphatic rings. The Balaban J connectivity index is 1.81. The zero-order valence-corrected chi connectivity index (χ0v) is 14.0. The molecule has 0 saturated heterocycles. The van der Waals surface area contributed by atoms with Gasteiger partial charge in [-0.05, 0) is 35.9 Å². The van der Waals surface area contributed by atoms with Gasteiger partial charge in [0.15, 0.2) is 0 Å². The van der Waals surface area contributed by atoms with E-state index in [2.05, 4.69) is 20.4 Å². The summed E-state index contributed by atoms with van der Waals surface area (Å²) in [5, 5.41) is 6.35. The second-order valence-corrected chi connectivity index (χ2v) is 5.40. The number of nitrogens with zero attached hydrogens (tertiary/aromatic N) is 1. The van der Waals surface area contributed by atoms with Crippen molar-refractivity contribution in [1.82, 2.24) is 10.3 Å². The maximum atomic E-state index is 11.8. The normalized spacial score (nSPS) is 10.1. The van der Waals surface area contributed by atoms with Crippen molar-refractivity contribution in [2.45, 2.75) is 13.0 Å². The van der Waals surface area contributed by atoms with Gasteiger partial charge in [-0.3, -0.25) is 9.78 Å². The van der Waals surface area contributed by atoms with Crippen molar-refractivity contribution in [2.75, 3.05) is 19.0 Å². The summed E-state index contributed by atoms with van der Waals surface area (Å²) in [6.07, 6.45) is 3.64. The number of amides is 1. The number of carbonyl (C=O) groups excluding carboxylic acids is 2. The molecule has 0 radical (unpaired) electrons. The Kier molecular flexibility index (Phi) is 6.57. The summed E-state index contributed by atoms with van der Waals surface area (Å²) in [6, 6.07) is 8.48. The van der Waals surface area contributed by atoms with Gasteiger partial charge in [0.05, 0.1) is 23.4 Å². The number of ether oxygens (including phenoxy) is 1. The van der Waals surface area contributed by atoms with E-state index in [9.17, 15) is 9.59 Å². The maximum absolute atomic E-state index is 11.8. The van der Waals surface area contributed by atoms with E-state index in [0.717, 1.165) is 5.56 Å². The van der Waals surface area contributed by atoms with Crippen molar-refractivity contribution in [3.63, 3.8) is 0 Å². The molecule has 0 spiro atoms. The van der Waals surface area contributed by atoms with Crippen molar-refractivity contribution < 1.29 is 14.3 Å². The number of nitrogens with one attached hydrogen (secondary N) is 2. The Bertz CT molecular complexity index is 707. The van der Waals surface area contributed by atoms with Crippen LogP contribution in [0.25, 0.3) is 0 Å². The highest BCUT2D eigenvalue weighted by Crippen LogP contribution is 2.23. The number of hydrogen-bond donors (Lipinski definition) is 2. The first-order chi connectivity index (χ1) is 11.6. The van der Waals surface area contributed by atoms with Crippen LogP contribution in [-0.4, -0.2) is 30.5 Å². The largest absolute Gasteiger partial charge is 0.465 e.